The molecule has 1 N–H and O–H groups in total. The molecular weight excluding hydrogens is 285 g/mol. The van der Waals surface area contributed by atoms with Crippen molar-refractivity contribution >= 4 is 25.8 Å². The van der Waals surface area contributed by atoms with Crippen molar-refractivity contribution in [2.45, 2.75) is 4.90 Å². The van der Waals surface area contributed by atoms with Crippen LogP contribution in [0.2, 0.25) is 0 Å². The van der Waals surface area contributed by atoms with Crippen LogP contribution in [0.1, 0.15) is 0 Å². The Hall–Kier alpha value is -0.460. The topological polar surface area (TPSA) is 46.2 Å². The molecule has 0 radical (unpaired) electrons. The second kappa shape index (κ2) is 5.05. The number of halogens is 2. The molecule has 0 fully saturated rings. The van der Waals surface area contributed by atoms with Gasteiger partial charge in [-0.1, -0.05) is 15.9 Å². The molecule has 15 heavy (non-hydrogen) atoms. The molecule has 6 heteroatoms. The molecule has 0 aliphatic rings. The summed E-state index contributed by atoms with van der Waals surface area (Å²) in [6, 6.07) is 3.88. The van der Waals surface area contributed by atoms with E-state index in [0.29, 0.717) is 11.0 Å². The SMILES string of the molecule is CNCCS(=O)(=O)c1cc(Br)ccc1F. The van der Waals surface area contributed by atoms with Crippen molar-refractivity contribution in [1.29, 1.82) is 0 Å². The van der Waals surface area contributed by atoms with Crippen molar-refractivity contribution in [1.82, 2.24) is 5.32 Å². The minimum atomic E-state index is -3.54. The second-order valence-electron chi connectivity index (χ2n) is 3.00. The van der Waals surface area contributed by atoms with Crippen LogP contribution >= 0.6 is 15.9 Å². The third-order valence-corrected chi connectivity index (χ3v) is 4.07. The average Bonchev–Trinajstić information content (AvgIpc) is 2.18. The summed E-state index contributed by atoms with van der Waals surface area (Å²) in [5, 5.41) is 2.71. The molecule has 1 aromatic carbocycles. The summed E-state index contributed by atoms with van der Waals surface area (Å²) in [5.74, 6) is -0.828. The minimum Gasteiger partial charge on any atom is -0.319 e. The first kappa shape index (κ1) is 12.6. The van der Waals surface area contributed by atoms with Crippen LogP contribution in [-0.4, -0.2) is 27.8 Å². The lowest BCUT2D eigenvalue weighted by molar-refractivity contribution is 0.565. The van der Waals surface area contributed by atoms with Gasteiger partial charge in [0, 0.05) is 11.0 Å². The Balaban J connectivity index is 3.09. The van der Waals surface area contributed by atoms with Gasteiger partial charge in [0.1, 0.15) is 10.7 Å². The van der Waals surface area contributed by atoms with Crippen LogP contribution in [0.5, 0.6) is 0 Å². The summed E-state index contributed by atoms with van der Waals surface area (Å²) in [5.41, 5.74) is 0. The maximum atomic E-state index is 13.3. The zero-order chi connectivity index (χ0) is 11.5. The quantitative estimate of drug-likeness (QED) is 0.917. The molecule has 0 saturated carbocycles. The summed E-state index contributed by atoms with van der Waals surface area (Å²) in [4.78, 5) is -0.257. The van der Waals surface area contributed by atoms with E-state index in [4.69, 9.17) is 0 Å². The lowest BCUT2D eigenvalue weighted by Crippen LogP contribution is -2.20. The van der Waals surface area contributed by atoms with Gasteiger partial charge in [0.2, 0.25) is 0 Å². The largest absolute Gasteiger partial charge is 0.319 e. The van der Waals surface area contributed by atoms with E-state index in [1.807, 2.05) is 0 Å². The number of hydrogen-bond donors (Lipinski definition) is 1. The van der Waals surface area contributed by atoms with Crippen LogP contribution in [0.15, 0.2) is 27.6 Å². The first-order valence-electron chi connectivity index (χ1n) is 4.30. The lowest BCUT2D eigenvalue weighted by Gasteiger charge is -2.05. The first-order chi connectivity index (χ1) is 6.97. The van der Waals surface area contributed by atoms with Crippen molar-refractivity contribution in [3.8, 4) is 0 Å². The highest BCUT2D eigenvalue weighted by molar-refractivity contribution is 9.10. The van der Waals surface area contributed by atoms with E-state index >= 15 is 0 Å². The number of rotatable bonds is 4. The predicted octanol–water partition coefficient (Wildman–Crippen LogP) is 1.58. The molecule has 0 aliphatic heterocycles. The van der Waals surface area contributed by atoms with E-state index in [-0.39, 0.29) is 10.6 Å². The Morgan fingerprint density at radius 1 is 1.47 bits per heavy atom. The van der Waals surface area contributed by atoms with Gasteiger partial charge in [-0.25, -0.2) is 12.8 Å². The molecule has 0 spiro atoms. The summed E-state index contributed by atoms with van der Waals surface area (Å²) in [6.07, 6.45) is 0. The maximum absolute atomic E-state index is 13.3. The van der Waals surface area contributed by atoms with Crippen LogP contribution in [0, 0.1) is 5.82 Å². The number of nitrogens with one attached hydrogen (secondary N) is 1. The monoisotopic (exact) mass is 295 g/mol. The van der Waals surface area contributed by atoms with E-state index in [1.165, 1.54) is 12.1 Å². The standard InChI is InChI=1S/C9H11BrFNO2S/c1-12-4-5-15(13,14)9-6-7(10)2-3-8(9)11/h2-3,6,12H,4-5H2,1H3. The van der Waals surface area contributed by atoms with Crippen LogP contribution < -0.4 is 5.32 Å². The molecule has 1 rings (SSSR count). The summed E-state index contributed by atoms with van der Waals surface area (Å²) in [6.45, 7) is 0.300. The fourth-order valence-corrected chi connectivity index (χ4v) is 2.94. The molecule has 0 bridgehead atoms. The zero-order valence-corrected chi connectivity index (χ0v) is 10.5. The van der Waals surface area contributed by atoms with E-state index in [0.717, 1.165) is 6.07 Å². The minimum absolute atomic E-state index is 0.114. The van der Waals surface area contributed by atoms with Gasteiger partial charge in [0.05, 0.1) is 5.75 Å². The first-order valence-corrected chi connectivity index (χ1v) is 6.74. The highest BCUT2D eigenvalue weighted by Crippen LogP contribution is 2.20. The van der Waals surface area contributed by atoms with Gasteiger partial charge in [0.25, 0.3) is 0 Å². The van der Waals surface area contributed by atoms with Crippen molar-refractivity contribution < 1.29 is 12.8 Å². The van der Waals surface area contributed by atoms with Crippen molar-refractivity contribution in [2.24, 2.45) is 0 Å². The molecule has 0 unspecified atom stereocenters. The van der Waals surface area contributed by atoms with Gasteiger partial charge in [-0.05, 0) is 25.2 Å². The van der Waals surface area contributed by atoms with Crippen LogP contribution in [0.3, 0.4) is 0 Å². The van der Waals surface area contributed by atoms with Crippen molar-refractivity contribution in [3.05, 3.63) is 28.5 Å². The second-order valence-corrected chi connectivity index (χ2v) is 5.99. The fourth-order valence-electron chi connectivity index (χ4n) is 1.06. The van der Waals surface area contributed by atoms with Gasteiger partial charge >= 0.3 is 0 Å². The average molecular weight is 296 g/mol. The number of sulfone groups is 1. The molecule has 3 nitrogen and oxygen atoms in total. The van der Waals surface area contributed by atoms with E-state index in [9.17, 15) is 12.8 Å². The summed E-state index contributed by atoms with van der Waals surface area (Å²) in [7, 11) is -1.90. The summed E-state index contributed by atoms with van der Waals surface area (Å²) >= 11 is 3.11. The fraction of sp³-hybridized carbons (Fsp3) is 0.333. The molecular formula is C9H11BrFNO2S. The number of benzene rings is 1. The van der Waals surface area contributed by atoms with Crippen molar-refractivity contribution in [2.75, 3.05) is 19.3 Å². The van der Waals surface area contributed by atoms with Crippen molar-refractivity contribution in [3.63, 3.8) is 0 Å². The Kier molecular flexibility index (Phi) is 4.24. The van der Waals surface area contributed by atoms with Gasteiger partial charge in [-0.3, -0.25) is 0 Å². The molecule has 0 aliphatic carbocycles. The highest BCUT2D eigenvalue weighted by Gasteiger charge is 2.18. The van der Waals surface area contributed by atoms with Crippen LogP contribution in [0.4, 0.5) is 4.39 Å². The molecule has 0 saturated heterocycles. The third kappa shape index (κ3) is 3.25. The predicted molar refractivity (Wildman–Crippen MR) is 60.1 cm³/mol. The van der Waals surface area contributed by atoms with Crippen LogP contribution in [-0.2, 0) is 9.84 Å². The van der Waals surface area contributed by atoms with E-state index in [2.05, 4.69) is 21.2 Å². The lowest BCUT2D eigenvalue weighted by atomic mass is 10.3. The zero-order valence-electron chi connectivity index (χ0n) is 8.13. The summed E-state index contributed by atoms with van der Waals surface area (Å²) < 4.78 is 37.1. The van der Waals surface area contributed by atoms with Gasteiger partial charge < -0.3 is 5.32 Å². The third-order valence-electron chi connectivity index (χ3n) is 1.85. The normalized spacial score (nSPS) is 11.7. The Morgan fingerprint density at radius 3 is 2.73 bits per heavy atom. The van der Waals surface area contributed by atoms with Crippen LogP contribution in [0.25, 0.3) is 0 Å². The Morgan fingerprint density at radius 2 is 2.13 bits per heavy atom. The molecule has 84 valence electrons. The van der Waals surface area contributed by atoms with Gasteiger partial charge in [-0.2, -0.15) is 0 Å². The molecule has 0 heterocycles. The Labute approximate surface area is 96.7 Å². The Bertz CT molecular complexity index is 447. The number of hydrogen-bond acceptors (Lipinski definition) is 3. The smallest absolute Gasteiger partial charge is 0.182 e. The van der Waals surface area contributed by atoms with Gasteiger partial charge in [-0.15, -0.1) is 0 Å². The highest BCUT2D eigenvalue weighted by atomic mass is 79.9. The molecule has 0 aromatic heterocycles. The van der Waals surface area contributed by atoms with Gasteiger partial charge in [0.15, 0.2) is 9.84 Å². The molecule has 0 amide bonds. The molecule has 0 atom stereocenters. The van der Waals surface area contributed by atoms with E-state index in [1.54, 1.807) is 7.05 Å². The van der Waals surface area contributed by atoms with E-state index < -0.39 is 15.7 Å². The molecule has 1 aromatic rings. The maximum Gasteiger partial charge on any atom is 0.182 e.